The lowest BCUT2D eigenvalue weighted by atomic mass is 10.0. The SMILES string of the molecule is C=C[C@@H](C)[C@H](NC(=O)[C@H](Cc1ccccc1)NS(=O)(=O)c1ccc(C)cc1)C(=O)OC. The maximum Gasteiger partial charge on any atom is 0.328 e. The van der Waals surface area contributed by atoms with Crippen LogP contribution in [0, 0.1) is 12.8 Å². The van der Waals surface area contributed by atoms with Crippen LogP contribution >= 0.6 is 0 Å². The number of carbonyl (C=O) groups excluding carboxylic acids is 2. The van der Waals surface area contributed by atoms with Gasteiger partial charge in [-0.1, -0.05) is 61.0 Å². The topological polar surface area (TPSA) is 102 Å². The Morgan fingerprint density at radius 3 is 2.26 bits per heavy atom. The molecular formula is C23H28N2O5S. The summed E-state index contributed by atoms with van der Waals surface area (Å²) in [5.41, 5.74) is 1.68. The number of hydrogen-bond acceptors (Lipinski definition) is 5. The first-order valence-corrected chi connectivity index (χ1v) is 11.3. The van der Waals surface area contributed by atoms with Crippen molar-refractivity contribution in [3.63, 3.8) is 0 Å². The number of ether oxygens (including phenoxy) is 1. The molecule has 8 heteroatoms. The average Bonchev–Trinajstić information content (AvgIpc) is 2.76. The quantitative estimate of drug-likeness (QED) is 0.433. The van der Waals surface area contributed by atoms with E-state index < -0.39 is 39.9 Å². The van der Waals surface area contributed by atoms with Gasteiger partial charge in [0.15, 0.2) is 0 Å². The normalized spacial score (nSPS) is 14.2. The van der Waals surface area contributed by atoms with Gasteiger partial charge < -0.3 is 10.1 Å². The molecular weight excluding hydrogens is 416 g/mol. The number of rotatable bonds is 10. The molecule has 0 aliphatic carbocycles. The Morgan fingerprint density at radius 2 is 1.71 bits per heavy atom. The van der Waals surface area contributed by atoms with Crippen molar-refractivity contribution in [2.24, 2.45) is 5.92 Å². The third kappa shape index (κ3) is 6.77. The molecule has 7 nitrogen and oxygen atoms in total. The van der Waals surface area contributed by atoms with E-state index in [2.05, 4.69) is 16.6 Å². The van der Waals surface area contributed by atoms with Crippen LogP contribution in [0.2, 0.25) is 0 Å². The highest BCUT2D eigenvalue weighted by Gasteiger charge is 2.31. The molecule has 2 aromatic carbocycles. The second-order valence-electron chi connectivity index (χ2n) is 7.28. The molecule has 0 saturated carbocycles. The number of aryl methyl sites for hydroxylation is 1. The summed E-state index contributed by atoms with van der Waals surface area (Å²) in [6, 6.07) is 13.2. The molecule has 0 unspecified atom stereocenters. The first kappa shape index (κ1) is 24.3. The van der Waals surface area contributed by atoms with Gasteiger partial charge in [-0.25, -0.2) is 13.2 Å². The van der Waals surface area contributed by atoms with E-state index in [0.717, 1.165) is 11.1 Å². The van der Waals surface area contributed by atoms with E-state index in [4.69, 9.17) is 4.74 Å². The van der Waals surface area contributed by atoms with Crippen LogP contribution in [0.3, 0.4) is 0 Å². The third-order valence-electron chi connectivity index (χ3n) is 4.88. The molecule has 2 rings (SSSR count). The lowest BCUT2D eigenvalue weighted by Crippen LogP contribution is -2.54. The number of carbonyl (C=O) groups is 2. The van der Waals surface area contributed by atoms with Crippen LogP contribution in [0.1, 0.15) is 18.1 Å². The maximum atomic E-state index is 13.1. The van der Waals surface area contributed by atoms with Crippen molar-refractivity contribution in [1.82, 2.24) is 10.0 Å². The van der Waals surface area contributed by atoms with Gasteiger partial charge in [0, 0.05) is 5.92 Å². The summed E-state index contributed by atoms with van der Waals surface area (Å²) in [5.74, 6) is -1.69. The van der Waals surface area contributed by atoms with Crippen molar-refractivity contribution in [1.29, 1.82) is 0 Å². The fraction of sp³-hybridized carbons (Fsp3) is 0.304. The molecule has 0 radical (unpaired) electrons. The number of amides is 1. The van der Waals surface area contributed by atoms with E-state index in [0.29, 0.717) is 0 Å². The molecule has 0 aliphatic rings. The molecule has 0 aliphatic heterocycles. The summed E-state index contributed by atoms with van der Waals surface area (Å²) in [7, 11) is -2.75. The predicted molar refractivity (Wildman–Crippen MR) is 119 cm³/mol. The molecule has 0 spiro atoms. The number of hydrogen-bond donors (Lipinski definition) is 2. The van der Waals surface area contributed by atoms with Gasteiger partial charge in [-0.05, 0) is 31.0 Å². The van der Waals surface area contributed by atoms with Crippen LogP contribution in [0.5, 0.6) is 0 Å². The van der Waals surface area contributed by atoms with Gasteiger partial charge in [0.2, 0.25) is 15.9 Å². The second-order valence-corrected chi connectivity index (χ2v) is 8.99. The van der Waals surface area contributed by atoms with Crippen LogP contribution < -0.4 is 10.0 Å². The molecule has 1 amide bonds. The van der Waals surface area contributed by atoms with Gasteiger partial charge >= 0.3 is 5.97 Å². The summed E-state index contributed by atoms with van der Waals surface area (Å²) >= 11 is 0. The number of benzene rings is 2. The fourth-order valence-electron chi connectivity index (χ4n) is 2.93. The smallest absolute Gasteiger partial charge is 0.328 e. The molecule has 0 fully saturated rings. The maximum absolute atomic E-state index is 13.1. The zero-order chi connectivity index (χ0) is 23.0. The van der Waals surface area contributed by atoms with Gasteiger partial charge in [-0.2, -0.15) is 4.72 Å². The van der Waals surface area contributed by atoms with E-state index in [1.165, 1.54) is 25.3 Å². The molecule has 2 aromatic rings. The Balaban J connectivity index is 2.33. The molecule has 3 atom stereocenters. The number of sulfonamides is 1. The Hall–Kier alpha value is -2.97. The van der Waals surface area contributed by atoms with Gasteiger partial charge in [0.25, 0.3) is 0 Å². The van der Waals surface area contributed by atoms with Crippen molar-refractivity contribution in [2.45, 2.75) is 37.2 Å². The standard InChI is InChI=1S/C23H28N2O5S/c1-5-17(3)21(23(27)30-4)24-22(26)20(15-18-9-7-6-8-10-18)25-31(28,29)19-13-11-16(2)12-14-19/h5-14,17,20-21,25H,1,15H2,2-4H3,(H,24,26)/t17-,20+,21+/m1/s1. The van der Waals surface area contributed by atoms with E-state index in [1.807, 2.05) is 13.0 Å². The van der Waals surface area contributed by atoms with E-state index in [1.54, 1.807) is 43.3 Å². The first-order chi connectivity index (χ1) is 14.7. The van der Waals surface area contributed by atoms with Crippen LogP contribution in [0.25, 0.3) is 0 Å². The molecule has 31 heavy (non-hydrogen) atoms. The molecule has 0 aromatic heterocycles. The molecule has 0 saturated heterocycles. The number of methoxy groups -OCH3 is 1. The summed E-state index contributed by atoms with van der Waals surface area (Å²) < 4.78 is 33.1. The molecule has 166 valence electrons. The van der Waals surface area contributed by atoms with Crippen molar-refractivity contribution in [2.75, 3.05) is 7.11 Å². The highest BCUT2D eigenvalue weighted by molar-refractivity contribution is 7.89. The van der Waals surface area contributed by atoms with Crippen LogP contribution in [-0.2, 0) is 30.8 Å². The highest BCUT2D eigenvalue weighted by Crippen LogP contribution is 2.14. The van der Waals surface area contributed by atoms with Gasteiger partial charge in [0.1, 0.15) is 12.1 Å². The molecule has 0 heterocycles. The molecule has 0 bridgehead atoms. The van der Waals surface area contributed by atoms with Crippen molar-refractivity contribution in [3.05, 3.63) is 78.4 Å². The summed E-state index contributed by atoms with van der Waals surface area (Å²) in [4.78, 5) is 25.3. The van der Waals surface area contributed by atoms with Crippen LogP contribution in [0.4, 0.5) is 0 Å². The van der Waals surface area contributed by atoms with Gasteiger partial charge in [0.05, 0.1) is 12.0 Å². The Bertz CT molecular complexity index is 1000. The zero-order valence-corrected chi connectivity index (χ0v) is 18.7. The summed E-state index contributed by atoms with van der Waals surface area (Å²) in [6.45, 7) is 7.21. The van der Waals surface area contributed by atoms with Crippen molar-refractivity contribution in [3.8, 4) is 0 Å². The third-order valence-corrected chi connectivity index (χ3v) is 6.37. The van der Waals surface area contributed by atoms with E-state index in [9.17, 15) is 18.0 Å². The van der Waals surface area contributed by atoms with E-state index in [-0.39, 0.29) is 11.3 Å². The minimum absolute atomic E-state index is 0.0490. The predicted octanol–water partition coefficient (Wildman–Crippen LogP) is 2.36. The highest BCUT2D eigenvalue weighted by atomic mass is 32.2. The lowest BCUT2D eigenvalue weighted by Gasteiger charge is -2.24. The number of esters is 1. The van der Waals surface area contributed by atoms with Gasteiger partial charge in [-0.15, -0.1) is 6.58 Å². The number of nitrogens with one attached hydrogen (secondary N) is 2. The van der Waals surface area contributed by atoms with Crippen LogP contribution in [-0.4, -0.2) is 39.5 Å². The summed E-state index contributed by atoms with van der Waals surface area (Å²) in [5, 5.41) is 2.61. The van der Waals surface area contributed by atoms with Gasteiger partial charge in [-0.3, -0.25) is 4.79 Å². The largest absolute Gasteiger partial charge is 0.467 e. The van der Waals surface area contributed by atoms with Crippen molar-refractivity contribution < 1.29 is 22.7 Å². The second kappa shape index (κ2) is 10.9. The lowest BCUT2D eigenvalue weighted by molar-refractivity contribution is -0.146. The Labute approximate surface area is 183 Å². The zero-order valence-electron chi connectivity index (χ0n) is 17.9. The summed E-state index contributed by atoms with van der Waals surface area (Å²) in [6.07, 6.45) is 1.62. The fourth-order valence-corrected chi connectivity index (χ4v) is 4.13. The Morgan fingerprint density at radius 1 is 1.10 bits per heavy atom. The Kier molecular flexibility index (Phi) is 8.53. The van der Waals surface area contributed by atoms with E-state index >= 15 is 0 Å². The average molecular weight is 445 g/mol. The monoisotopic (exact) mass is 444 g/mol. The minimum atomic E-state index is -3.98. The first-order valence-electron chi connectivity index (χ1n) is 9.81. The van der Waals surface area contributed by atoms with Crippen molar-refractivity contribution >= 4 is 21.9 Å². The molecule has 2 N–H and O–H groups in total. The van der Waals surface area contributed by atoms with Crippen LogP contribution in [0.15, 0.2) is 72.1 Å². The minimum Gasteiger partial charge on any atom is -0.467 e.